The van der Waals surface area contributed by atoms with E-state index in [1.165, 1.54) is 25.7 Å². The lowest BCUT2D eigenvalue weighted by Gasteiger charge is -2.30. The molecule has 2 heterocycles. The van der Waals surface area contributed by atoms with Crippen molar-refractivity contribution in [2.24, 2.45) is 0 Å². The monoisotopic (exact) mass is 203 g/mol. The number of piperidine rings is 1. The molecule has 80 valence electrons. The second kappa shape index (κ2) is 3.53. The Morgan fingerprint density at radius 2 is 1.87 bits per heavy atom. The standard InChI is InChI=1S/C13H17NO/c15-13-4-2-1-3-11(13)10-7-5-9-6-8-12(10)14-9/h1-4,9-10,12,14-15H,5-8H2. The van der Waals surface area contributed by atoms with Gasteiger partial charge in [0.1, 0.15) is 5.75 Å². The molecule has 2 aliphatic rings. The average molecular weight is 203 g/mol. The molecule has 0 amide bonds. The molecule has 3 rings (SSSR count). The van der Waals surface area contributed by atoms with E-state index in [2.05, 4.69) is 11.4 Å². The Bertz CT molecular complexity index is 363. The minimum Gasteiger partial charge on any atom is -0.508 e. The van der Waals surface area contributed by atoms with Gasteiger partial charge in [-0.2, -0.15) is 0 Å². The van der Waals surface area contributed by atoms with Crippen LogP contribution in [-0.4, -0.2) is 17.2 Å². The number of rotatable bonds is 1. The maximum Gasteiger partial charge on any atom is 0.119 e. The highest BCUT2D eigenvalue weighted by molar-refractivity contribution is 5.36. The Hall–Kier alpha value is -1.02. The summed E-state index contributed by atoms with van der Waals surface area (Å²) in [6.45, 7) is 0. The average Bonchev–Trinajstić information content (AvgIpc) is 2.63. The van der Waals surface area contributed by atoms with Crippen molar-refractivity contribution in [3.05, 3.63) is 29.8 Å². The SMILES string of the molecule is Oc1ccccc1C1CCC2CCC1N2. The summed E-state index contributed by atoms with van der Waals surface area (Å²) in [6, 6.07) is 9.13. The largest absolute Gasteiger partial charge is 0.508 e. The van der Waals surface area contributed by atoms with Crippen molar-refractivity contribution < 1.29 is 5.11 Å². The second-order valence-corrected chi connectivity index (χ2v) is 4.79. The van der Waals surface area contributed by atoms with Gasteiger partial charge < -0.3 is 10.4 Å². The molecule has 2 aliphatic heterocycles. The molecule has 0 aliphatic carbocycles. The molecule has 2 nitrogen and oxygen atoms in total. The van der Waals surface area contributed by atoms with Gasteiger partial charge in [-0.1, -0.05) is 18.2 Å². The Morgan fingerprint density at radius 3 is 2.73 bits per heavy atom. The Labute approximate surface area is 90.3 Å². The number of hydrogen-bond donors (Lipinski definition) is 2. The third kappa shape index (κ3) is 1.53. The molecular weight excluding hydrogens is 186 g/mol. The van der Waals surface area contributed by atoms with E-state index in [4.69, 9.17) is 0 Å². The van der Waals surface area contributed by atoms with Crippen LogP contribution < -0.4 is 5.32 Å². The Balaban J connectivity index is 1.90. The van der Waals surface area contributed by atoms with Crippen molar-refractivity contribution in [2.75, 3.05) is 0 Å². The van der Waals surface area contributed by atoms with Gasteiger partial charge in [-0.25, -0.2) is 0 Å². The van der Waals surface area contributed by atoms with E-state index < -0.39 is 0 Å². The van der Waals surface area contributed by atoms with Crippen LogP contribution in [0.1, 0.15) is 37.2 Å². The van der Waals surface area contributed by atoms with E-state index in [0.717, 1.165) is 11.6 Å². The molecule has 0 aromatic heterocycles. The maximum absolute atomic E-state index is 9.86. The number of phenolic OH excluding ortho intramolecular Hbond substituents is 1. The van der Waals surface area contributed by atoms with Crippen LogP contribution in [0.5, 0.6) is 5.75 Å². The van der Waals surface area contributed by atoms with Gasteiger partial charge in [-0.3, -0.25) is 0 Å². The van der Waals surface area contributed by atoms with Gasteiger partial charge >= 0.3 is 0 Å². The quantitative estimate of drug-likeness (QED) is 0.734. The Morgan fingerprint density at radius 1 is 1.07 bits per heavy atom. The lowest BCUT2D eigenvalue weighted by atomic mass is 9.85. The predicted octanol–water partition coefficient (Wildman–Crippen LogP) is 2.39. The van der Waals surface area contributed by atoms with Crippen molar-refractivity contribution in [2.45, 2.75) is 43.7 Å². The summed E-state index contributed by atoms with van der Waals surface area (Å²) >= 11 is 0. The van der Waals surface area contributed by atoms with Crippen molar-refractivity contribution in [3.63, 3.8) is 0 Å². The molecule has 2 saturated heterocycles. The first-order chi connectivity index (χ1) is 7.34. The normalized spacial score (nSPS) is 34.3. The summed E-state index contributed by atoms with van der Waals surface area (Å²) in [6.07, 6.45) is 5.06. The number of hydrogen-bond acceptors (Lipinski definition) is 2. The summed E-state index contributed by atoms with van der Waals surface area (Å²) in [4.78, 5) is 0. The molecule has 2 bridgehead atoms. The minimum atomic E-state index is 0.467. The number of nitrogens with one attached hydrogen (secondary N) is 1. The molecular formula is C13H17NO. The topological polar surface area (TPSA) is 32.3 Å². The lowest BCUT2D eigenvalue weighted by Crippen LogP contribution is -2.39. The molecule has 2 N–H and O–H groups in total. The van der Waals surface area contributed by atoms with E-state index in [-0.39, 0.29) is 0 Å². The molecule has 3 unspecified atom stereocenters. The highest BCUT2D eigenvalue weighted by Crippen LogP contribution is 2.40. The van der Waals surface area contributed by atoms with E-state index in [0.29, 0.717) is 17.7 Å². The first-order valence-corrected chi connectivity index (χ1v) is 5.88. The van der Waals surface area contributed by atoms with Crippen LogP contribution in [0.3, 0.4) is 0 Å². The molecule has 1 aromatic rings. The smallest absolute Gasteiger partial charge is 0.119 e. The fraction of sp³-hybridized carbons (Fsp3) is 0.538. The first kappa shape index (κ1) is 9.22. The van der Waals surface area contributed by atoms with Crippen LogP contribution in [0.4, 0.5) is 0 Å². The molecule has 0 saturated carbocycles. The number of benzene rings is 1. The minimum absolute atomic E-state index is 0.467. The molecule has 0 radical (unpaired) electrons. The number of aromatic hydroxyl groups is 1. The third-order valence-corrected chi connectivity index (χ3v) is 3.92. The van der Waals surface area contributed by atoms with Crippen molar-refractivity contribution >= 4 is 0 Å². The highest BCUT2D eigenvalue weighted by Gasteiger charge is 2.36. The predicted molar refractivity (Wildman–Crippen MR) is 60.0 cm³/mol. The van der Waals surface area contributed by atoms with Gasteiger partial charge in [0.15, 0.2) is 0 Å². The molecule has 0 spiro atoms. The van der Waals surface area contributed by atoms with Gasteiger partial charge in [-0.05, 0) is 37.3 Å². The molecule has 15 heavy (non-hydrogen) atoms. The summed E-state index contributed by atoms with van der Waals surface area (Å²) in [7, 11) is 0. The van der Waals surface area contributed by atoms with Gasteiger partial charge in [0, 0.05) is 18.0 Å². The highest BCUT2D eigenvalue weighted by atomic mass is 16.3. The fourth-order valence-corrected chi connectivity index (χ4v) is 3.15. The zero-order valence-corrected chi connectivity index (χ0v) is 8.82. The van der Waals surface area contributed by atoms with Crippen LogP contribution in [0.15, 0.2) is 24.3 Å². The van der Waals surface area contributed by atoms with Crippen molar-refractivity contribution in [3.8, 4) is 5.75 Å². The third-order valence-electron chi connectivity index (χ3n) is 3.92. The zero-order chi connectivity index (χ0) is 10.3. The van der Waals surface area contributed by atoms with Gasteiger partial charge in [0.05, 0.1) is 0 Å². The van der Waals surface area contributed by atoms with E-state index in [1.807, 2.05) is 12.1 Å². The Kier molecular flexibility index (Phi) is 2.17. The number of phenols is 1. The molecule has 2 fully saturated rings. The molecule has 1 aromatic carbocycles. The second-order valence-electron chi connectivity index (χ2n) is 4.79. The molecule has 3 atom stereocenters. The van der Waals surface area contributed by atoms with Gasteiger partial charge in [0.25, 0.3) is 0 Å². The maximum atomic E-state index is 9.86. The summed E-state index contributed by atoms with van der Waals surface area (Å²) < 4.78 is 0. The number of fused-ring (bicyclic) bond motifs is 2. The van der Waals surface area contributed by atoms with Crippen molar-refractivity contribution in [1.82, 2.24) is 5.32 Å². The fourth-order valence-electron chi connectivity index (χ4n) is 3.15. The first-order valence-electron chi connectivity index (χ1n) is 5.88. The summed E-state index contributed by atoms with van der Waals surface area (Å²) in [5.74, 6) is 0.986. The zero-order valence-electron chi connectivity index (χ0n) is 8.82. The van der Waals surface area contributed by atoms with Gasteiger partial charge in [0.2, 0.25) is 0 Å². The summed E-state index contributed by atoms with van der Waals surface area (Å²) in [5.41, 5.74) is 1.13. The van der Waals surface area contributed by atoms with Crippen LogP contribution in [-0.2, 0) is 0 Å². The van der Waals surface area contributed by atoms with Crippen LogP contribution in [0.2, 0.25) is 0 Å². The van der Waals surface area contributed by atoms with Crippen LogP contribution in [0, 0.1) is 0 Å². The lowest BCUT2D eigenvalue weighted by molar-refractivity contribution is 0.349. The van der Waals surface area contributed by atoms with Crippen LogP contribution >= 0.6 is 0 Å². The number of para-hydroxylation sites is 1. The van der Waals surface area contributed by atoms with E-state index >= 15 is 0 Å². The van der Waals surface area contributed by atoms with Crippen molar-refractivity contribution in [1.29, 1.82) is 0 Å². The summed E-state index contributed by atoms with van der Waals surface area (Å²) in [5, 5.41) is 13.5. The van der Waals surface area contributed by atoms with Crippen LogP contribution in [0.25, 0.3) is 0 Å². The molecule has 2 heteroatoms. The van der Waals surface area contributed by atoms with E-state index in [9.17, 15) is 5.11 Å². The van der Waals surface area contributed by atoms with E-state index in [1.54, 1.807) is 6.07 Å². The van der Waals surface area contributed by atoms with Gasteiger partial charge in [-0.15, -0.1) is 0 Å².